The van der Waals surface area contributed by atoms with Crippen molar-refractivity contribution in [1.29, 1.82) is 0 Å². The number of hydrogen-bond donors (Lipinski definition) is 5. The number of thiocarbonyl (C=S) groups is 1. The minimum Gasteiger partial charge on any atom is -0.352 e. The molecule has 0 heterocycles. The lowest BCUT2D eigenvalue weighted by molar-refractivity contribution is -0.124. The second-order valence-corrected chi connectivity index (χ2v) is 5.36. The summed E-state index contributed by atoms with van der Waals surface area (Å²) in [5, 5.41) is 5.28. The average Bonchev–Trinajstić information content (AvgIpc) is 2.51. The zero-order valence-electron chi connectivity index (χ0n) is 12.9. The summed E-state index contributed by atoms with van der Waals surface area (Å²) in [6, 6.07) is 4.00. The number of benzene rings is 1. The number of amides is 3. The van der Waals surface area contributed by atoms with E-state index in [0.717, 1.165) is 0 Å². The Bertz CT molecular complexity index is 567. The molecular formula is C14H20FN5O2S. The van der Waals surface area contributed by atoms with E-state index in [2.05, 4.69) is 21.5 Å². The average molecular weight is 341 g/mol. The van der Waals surface area contributed by atoms with Crippen molar-refractivity contribution in [1.82, 2.24) is 16.2 Å². The van der Waals surface area contributed by atoms with Gasteiger partial charge in [0, 0.05) is 5.69 Å². The number of carbonyl (C=O) groups excluding carboxylic acids is 2. The zero-order valence-corrected chi connectivity index (χ0v) is 13.7. The highest BCUT2D eigenvalue weighted by Gasteiger charge is 2.25. The van der Waals surface area contributed by atoms with E-state index in [1.165, 1.54) is 24.3 Å². The van der Waals surface area contributed by atoms with Gasteiger partial charge in [0.25, 0.3) is 5.91 Å². The van der Waals surface area contributed by atoms with Crippen molar-refractivity contribution < 1.29 is 14.0 Å². The van der Waals surface area contributed by atoms with E-state index in [4.69, 9.17) is 18.0 Å². The van der Waals surface area contributed by atoms with Crippen molar-refractivity contribution in [2.75, 3.05) is 5.32 Å². The number of rotatable bonds is 5. The molecule has 0 fully saturated rings. The normalized spacial score (nSPS) is 12.7. The number of nitrogens with one attached hydrogen (secondary N) is 4. The first kappa shape index (κ1) is 18.6. The molecule has 1 aromatic rings. The van der Waals surface area contributed by atoms with Gasteiger partial charge in [-0.25, -0.2) is 9.18 Å². The Morgan fingerprint density at radius 2 is 1.87 bits per heavy atom. The molecule has 23 heavy (non-hydrogen) atoms. The molecular weight excluding hydrogens is 321 g/mol. The molecule has 0 aliphatic rings. The SMILES string of the molecule is CC[C@H](C)[C@H](NC(N)=O)C(=O)NNC(=S)Nc1ccc(F)cc1. The van der Waals surface area contributed by atoms with Gasteiger partial charge in [0.2, 0.25) is 0 Å². The third-order valence-electron chi connectivity index (χ3n) is 3.19. The maximum atomic E-state index is 12.8. The molecule has 2 atom stereocenters. The summed E-state index contributed by atoms with van der Waals surface area (Å²) in [5.74, 6) is -0.944. The van der Waals surface area contributed by atoms with Crippen molar-refractivity contribution in [3.63, 3.8) is 0 Å². The van der Waals surface area contributed by atoms with Crippen LogP contribution in [0, 0.1) is 11.7 Å². The molecule has 0 saturated heterocycles. The first-order valence-corrected chi connectivity index (χ1v) is 7.42. The summed E-state index contributed by atoms with van der Waals surface area (Å²) in [7, 11) is 0. The molecule has 126 valence electrons. The van der Waals surface area contributed by atoms with Gasteiger partial charge in [-0.2, -0.15) is 0 Å². The van der Waals surface area contributed by atoms with Crippen LogP contribution in [0.3, 0.4) is 0 Å². The fourth-order valence-electron chi connectivity index (χ4n) is 1.75. The highest BCUT2D eigenvalue weighted by atomic mass is 32.1. The predicted octanol–water partition coefficient (Wildman–Crippen LogP) is 1.23. The zero-order chi connectivity index (χ0) is 17.4. The second kappa shape index (κ2) is 8.89. The lowest BCUT2D eigenvalue weighted by Gasteiger charge is -2.23. The van der Waals surface area contributed by atoms with E-state index in [9.17, 15) is 14.0 Å². The van der Waals surface area contributed by atoms with Crippen LogP contribution in [-0.2, 0) is 4.79 Å². The maximum absolute atomic E-state index is 12.8. The molecule has 0 spiro atoms. The third-order valence-corrected chi connectivity index (χ3v) is 3.40. The lowest BCUT2D eigenvalue weighted by atomic mass is 9.99. The Balaban J connectivity index is 2.53. The molecule has 0 aromatic heterocycles. The smallest absolute Gasteiger partial charge is 0.312 e. The Morgan fingerprint density at radius 1 is 1.26 bits per heavy atom. The Kier molecular flexibility index (Phi) is 7.20. The molecule has 9 heteroatoms. The largest absolute Gasteiger partial charge is 0.352 e. The standard InChI is InChI=1S/C14H20FN5O2S/c1-3-8(2)11(18-13(16)22)12(21)19-20-14(23)17-10-6-4-9(15)5-7-10/h4-8,11H,3H2,1-2H3,(H,19,21)(H3,16,18,22)(H2,17,20,23)/t8-,11-/m0/s1. The fraction of sp³-hybridized carbons (Fsp3) is 0.357. The van der Waals surface area contributed by atoms with Crippen molar-refractivity contribution in [3.8, 4) is 0 Å². The number of hydrogen-bond acceptors (Lipinski definition) is 3. The molecule has 0 aliphatic heterocycles. The van der Waals surface area contributed by atoms with Crippen LogP contribution < -0.4 is 27.2 Å². The van der Waals surface area contributed by atoms with Crippen LogP contribution >= 0.6 is 12.2 Å². The Labute approximate surface area is 139 Å². The molecule has 6 N–H and O–H groups in total. The van der Waals surface area contributed by atoms with Gasteiger partial charge in [-0.3, -0.25) is 15.6 Å². The van der Waals surface area contributed by atoms with Crippen LogP contribution in [0.2, 0.25) is 0 Å². The highest BCUT2D eigenvalue weighted by Crippen LogP contribution is 2.08. The van der Waals surface area contributed by atoms with E-state index >= 15 is 0 Å². The van der Waals surface area contributed by atoms with Crippen molar-refractivity contribution in [3.05, 3.63) is 30.1 Å². The fourth-order valence-corrected chi connectivity index (χ4v) is 1.92. The molecule has 1 aromatic carbocycles. The number of hydrazine groups is 1. The summed E-state index contributed by atoms with van der Waals surface area (Å²) < 4.78 is 12.8. The molecule has 1 rings (SSSR count). The van der Waals surface area contributed by atoms with Gasteiger partial charge in [-0.05, 0) is 42.4 Å². The lowest BCUT2D eigenvalue weighted by Crippen LogP contribution is -2.56. The highest BCUT2D eigenvalue weighted by molar-refractivity contribution is 7.80. The number of anilines is 1. The quantitative estimate of drug-likeness (QED) is 0.409. The molecule has 0 unspecified atom stereocenters. The first-order valence-electron chi connectivity index (χ1n) is 7.01. The molecule has 0 aliphatic carbocycles. The number of primary amides is 1. The topological polar surface area (TPSA) is 108 Å². The maximum Gasteiger partial charge on any atom is 0.312 e. The van der Waals surface area contributed by atoms with Gasteiger partial charge in [0.05, 0.1) is 0 Å². The summed E-state index contributed by atoms with van der Waals surface area (Å²) in [4.78, 5) is 23.1. The molecule has 0 bridgehead atoms. The minimum absolute atomic E-state index is 0.108. The van der Waals surface area contributed by atoms with Gasteiger partial charge in [0.15, 0.2) is 5.11 Å². The third kappa shape index (κ3) is 6.47. The number of urea groups is 1. The van der Waals surface area contributed by atoms with E-state index in [1.54, 1.807) is 0 Å². The van der Waals surface area contributed by atoms with Gasteiger partial charge < -0.3 is 16.4 Å². The Hall–Kier alpha value is -2.42. The van der Waals surface area contributed by atoms with Crippen LogP contribution in [0.4, 0.5) is 14.9 Å². The summed E-state index contributed by atoms with van der Waals surface area (Å²) in [6.07, 6.45) is 0.677. The predicted molar refractivity (Wildman–Crippen MR) is 89.9 cm³/mol. The van der Waals surface area contributed by atoms with Crippen molar-refractivity contribution in [2.24, 2.45) is 11.7 Å². The van der Waals surface area contributed by atoms with Crippen molar-refractivity contribution >= 4 is 35.0 Å². The van der Waals surface area contributed by atoms with Crippen LogP contribution in [0.5, 0.6) is 0 Å². The Morgan fingerprint density at radius 3 is 2.39 bits per heavy atom. The number of nitrogens with two attached hydrogens (primary N) is 1. The summed E-state index contributed by atoms with van der Waals surface area (Å²) >= 11 is 5.01. The van der Waals surface area contributed by atoms with Crippen LogP contribution in [0.15, 0.2) is 24.3 Å². The summed E-state index contributed by atoms with van der Waals surface area (Å²) in [6.45, 7) is 3.71. The molecule has 0 saturated carbocycles. The second-order valence-electron chi connectivity index (χ2n) is 4.95. The van der Waals surface area contributed by atoms with Gasteiger partial charge in [-0.15, -0.1) is 0 Å². The first-order chi connectivity index (χ1) is 10.8. The number of carbonyl (C=O) groups is 2. The van der Waals surface area contributed by atoms with Crippen LogP contribution in [0.25, 0.3) is 0 Å². The van der Waals surface area contributed by atoms with E-state index < -0.39 is 18.0 Å². The minimum atomic E-state index is -0.780. The molecule has 3 amide bonds. The molecule has 0 radical (unpaired) electrons. The van der Waals surface area contributed by atoms with E-state index in [-0.39, 0.29) is 16.8 Å². The number of halogens is 1. The van der Waals surface area contributed by atoms with Gasteiger partial charge in [-0.1, -0.05) is 20.3 Å². The van der Waals surface area contributed by atoms with Crippen molar-refractivity contribution in [2.45, 2.75) is 26.3 Å². The van der Waals surface area contributed by atoms with Crippen LogP contribution in [0.1, 0.15) is 20.3 Å². The van der Waals surface area contributed by atoms with Gasteiger partial charge in [0.1, 0.15) is 11.9 Å². The summed E-state index contributed by atoms with van der Waals surface area (Å²) in [5.41, 5.74) is 10.5. The van der Waals surface area contributed by atoms with E-state index in [0.29, 0.717) is 12.1 Å². The van der Waals surface area contributed by atoms with E-state index in [1.807, 2.05) is 13.8 Å². The monoisotopic (exact) mass is 341 g/mol. The molecule has 7 nitrogen and oxygen atoms in total. The van der Waals surface area contributed by atoms with Gasteiger partial charge >= 0.3 is 6.03 Å². The van der Waals surface area contributed by atoms with Crippen LogP contribution in [-0.4, -0.2) is 23.1 Å².